The van der Waals surface area contributed by atoms with E-state index in [-0.39, 0.29) is 13.2 Å². The Labute approximate surface area is 268 Å². The molecule has 5 aromatic rings. The van der Waals surface area contributed by atoms with Crippen molar-refractivity contribution in [2.24, 2.45) is 0 Å². The van der Waals surface area contributed by atoms with Crippen molar-refractivity contribution in [2.45, 2.75) is 39.6 Å². The second kappa shape index (κ2) is 13.5. The highest BCUT2D eigenvalue weighted by Gasteiger charge is 2.28. The van der Waals surface area contributed by atoms with Crippen LogP contribution in [0.1, 0.15) is 52.3 Å². The number of ether oxygens (including phenoxy) is 2. The lowest BCUT2D eigenvalue weighted by Crippen LogP contribution is -2.46. The molecule has 1 fully saturated rings. The van der Waals surface area contributed by atoms with Gasteiger partial charge in [0.1, 0.15) is 29.2 Å². The van der Waals surface area contributed by atoms with Crippen molar-refractivity contribution in [3.63, 3.8) is 0 Å². The molecule has 45 heavy (non-hydrogen) atoms. The number of aryl methyl sites for hydroxylation is 1. The third-order valence-electron chi connectivity index (χ3n) is 7.71. The quantitative estimate of drug-likeness (QED) is 0.198. The lowest BCUT2D eigenvalue weighted by Gasteiger charge is -2.35. The molecule has 0 spiro atoms. The van der Waals surface area contributed by atoms with Gasteiger partial charge in [-0.1, -0.05) is 35.1 Å². The van der Waals surface area contributed by atoms with Crippen LogP contribution in [-0.2, 0) is 24.4 Å². The molecule has 4 aromatic heterocycles. The number of imidazole rings is 2. The molecule has 1 aromatic carbocycles. The van der Waals surface area contributed by atoms with Crippen LogP contribution >= 0.6 is 22.9 Å². The van der Waals surface area contributed by atoms with Gasteiger partial charge in [0.05, 0.1) is 36.2 Å². The summed E-state index contributed by atoms with van der Waals surface area (Å²) in [6.45, 7) is 8.17. The summed E-state index contributed by atoms with van der Waals surface area (Å²) in [6, 6.07) is 10.1. The Hall–Kier alpha value is -4.04. The van der Waals surface area contributed by atoms with Crippen LogP contribution in [0.25, 0.3) is 4.96 Å². The lowest BCUT2D eigenvalue weighted by molar-refractivity contribution is 0.0531. The predicted molar refractivity (Wildman–Crippen MR) is 168 cm³/mol. The summed E-state index contributed by atoms with van der Waals surface area (Å²) < 4.78 is 28.8. The van der Waals surface area contributed by atoms with Crippen LogP contribution in [0.3, 0.4) is 0 Å². The number of hydrogen-bond acceptors (Lipinski definition) is 10. The number of nitrogens with zero attached hydrogens (tertiary/aromatic N) is 7. The summed E-state index contributed by atoms with van der Waals surface area (Å²) in [6.07, 6.45) is 4.06. The normalized spacial score (nSPS) is 14.6. The van der Waals surface area contributed by atoms with Crippen LogP contribution in [0.2, 0.25) is 5.02 Å². The van der Waals surface area contributed by atoms with Gasteiger partial charge < -0.3 is 24.0 Å². The number of carbonyl (C=O) groups excluding carboxylic acids is 1. The Balaban J connectivity index is 1.16. The topological polar surface area (TPSA) is 110 Å². The number of carbonyl (C=O) groups is 1. The molecular formula is C31H33ClFN7O4S. The smallest absolute Gasteiger partial charge is 0.349 e. The molecule has 1 aliphatic rings. The molecule has 1 aliphatic heterocycles. The first kappa shape index (κ1) is 31.0. The summed E-state index contributed by atoms with van der Waals surface area (Å²) in [5.41, 5.74) is 2.41. The monoisotopic (exact) mass is 653 g/mol. The summed E-state index contributed by atoms with van der Waals surface area (Å²) in [5.74, 6) is 0.361. The number of rotatable bonds is 11. The van der Waals surface area contributed by atoms with Crippen molar-refractivity contribution in [2.75, 3.05) is 37.7 Å². The molecule has 5 heterocycles. The zero-order valence-electron chi connectivity index (χ0n) is 24.9. The fourth-order valence-corrected chi connectivity index (χ4v) is 6.43. The summed E-state index contributed by atoms with van der Waals surface area (Å²) in [5, 5.41) is 11.9. The Morgan fingerprint density at radius 3 is 2.73 bits per heavy atom. The summed E-state index contributed by atoms with van der Waals surface area (Å²) in [4.78, 5) is 31.7. The van der Waals surface area contributed by atoms with Gasteiger partial charge in [-0.3, -0.25) is 9.30 Å². The number of thiazole rings is 1. The van der Waals surface area contributed by atoms with Gasteiger partial charge in [-0.25, -0.2) is 19.2 Å². The van der Waals surface area contributed by atoms with E-state index in [4.69, 9.17) is 26.1 Å². The molecule has 1 N–H and O–H groups in total. The van der Waals surface area contributed by atoms with E-state index in [1.54, 1.807) is 48.2 Å². The number of benzene rings is 1. The Morgan fingerprint density at radius 1 is 1.16 bits per heavy atom. The molecule has 6 rings (SSSR count). The van der Waals surface area contributed by atoms with Gasteiger partial charge in [0.25, 0.3) is 0 Å². The van der Waals surface area contributed by atoms with Crippen molar-refractivity contribution in [1.29, 1.82) is 0 Å². The molecule has 1 saturated heterocycles. The Kier molecular flexibility index (Phi) is 9.31. The lowest BCUT2D eigenvalue weighted by atomic mass is 10.1. The molecule has 236 valence electrons. The summed E-state index contributed by atoms with van der Waals surface area (Å²) in [7, 11) is 0. The highest BCUT2D eigenvalue weighted by Crippen LogP contribution is 2.31. The first-order valence-electron chi connectivity index (χ1n) is 14.7. The maximum atomic E-state index is 14.2. The Morgan fingerprint density at radius 2 is 1.98 bits per heavy atom. The van der Waals surface area contributed by atoms with E-state index in [0.717, 1.165) is 37.7 Å². The van der Waals surface area contributed by atoms with Gasteiger partial charge in [-0.15, -0.1) is 0 Å². The molecule has 1 unspecified atom stereocenters. The van der Waals surface area contributed by atoms with Crippen molar-refractivity contribution in [1.82, 2.24) is 28.8 Å². The molecule has 11 nitrogen and oxygen atoms in total. The molecule has 0 bridgehead atoms. The predicted octanol–water partition coefficient (Wildman–Crippen LogP) is 4.96. The number of aromatic nitrogens is 5. The van der Waals surface area contributed by atoms with E-state index in [1.807, 2.05) is 23.6 Å². The number of piperazine rings is 1. The molecule has 14 heteroatoms. The number of pyridine rings is 1. The number of esters is 1. The molecule has 0 saturated carbocycles. The van der Waals surface area contributed by atoms with Crippen molar-refractivity contribution in [3.05, 3.63) is 93.5 Å². The molecule has 0 radical (unpaired) electrons. The van der Waals surface area contributed by atoms with E-state index < -0.39 is 17.9 Å². The minimum absolute atomic E-state index is 0.0455. The number of halogens is 2. The fraction of sp³-hybridized carbons (Fsp3) is 0.355. The van der Waals surface area contributed by atoms with Crippen LogP contribution in [0.5, 0.6) is 5.88 Å². The van der Waals surface area contributed by atoms with Crippen molar-refractivity contribution >= 4 is 39.7 Å². The maximum absolute atomic E-state index is 14.2. The minimum Gasteiger partial charge on any atom is -0.473 e. The van der Waals surface area contributed by atoms with E-state index in [1.165, 1.54) is 17.4 Å². The second-order valence-electron chi connectivity index (χ2n) is 10.5. The third kappa shape index (κ3) is 6.66. The van der Waals surface area contributed by atoms with E-state index in [0.29, 0.717) is 50.8 Å². The van der Waals surface area contributed by atoms with Crippen molar-refractivity contribution < 1.29 is 23.8 Å². The molecule has 0 aliphatic carbocycles. The van der Waals surface area contributed by atoms with Crippen LogP contribution in [0.15, 0.2) is 55.1 Å². The Bertz CT molecular complexity index is 1800. The number of hydrogen-bond donors (Lipinski definition) is 1. The van der Waals surface area contributed by atoms with Crippen LogP contribution < -0.4 is 9.64 Å². The van der Waals surface area contributed by atoms with Gasteiger partial charge in [-0.2, -0.15) is 4.98 Å². The highest BCUT2D eigenvalue weighted by molar-refractivity contribution is 7.18. The van der Waals surface area contributed by atoms with Gasteiger partial charge in [-0.05, 0) is 32.0 Å². The standard InChI is InChI=1S/C31H33ClFN7O4S/c1-3-38-19-34-15-24(38)29(41)28-23(35-31-40(28)17-25(45-31)30(42)43-4-2)16-37-10-12-39(13-11-37)26-6-5-7-27(36-26)44-18-20-8-9-21(32)14-22(20)33/h5-9,14-15,17,19,29,41H,3-4,10-13,16,18H2,1-2H3. The minimum atomic E-state index is -0.989. The largest absolute Gasteiger partial charge is 0.473 e. The number of fused-ring (bicyclic) bond motifs is 1. The SMILES string of the molecule is CCOC(=O)c1cn2c(C(O)c3cncn3CC)c(CN3CCN(c4cccc(OCc5ccc(Cl)cc5F)n4)CC3)nc2s1. The number of aliphatic hydroxyl groups excluding tert-OH is 1. The zero-order chi connectivity index (χ0) is 31.5. The van der Waals surface area contributed by atoms with E-state index in [2.05, 4.69) is 19.8 Å². The van der Waals surface area contributed by atoms with Crippen LogP contribution in [-0.4, -0.2) is 72.7 Å². The average molecular weight is 654 g/mol. The van der Waals surface area contributed by atoms with Crippen LogP contribution in [0, 0.1) is 5.82 Å². The van der Waals surface area contributed by atoms with Crippen LogP contribution in [0.4, 0.5) is 10.2 Å². The number of anilines is 1. The van der Waals surface area contributed by atoms with E-state index >= 15 is 0 Å². The fourth-order valence-electron chi connectivity index (χ4n) is 5.37. The third-order valence-corrected chi connectivity index (χ3v) is 8.91. The maximum Gasteiger partial charge on any atom is 0.349 e. The first-order valence-corrected chi connectivity index (χ1v) is 15.9. The molecular weight excluding hydrogens is 621 g/mol. The van der Waals surface area contributed by atoms with Crippen molar-refractivity contribution in [3.8, 4) is 5.88 Å². The average Bonchev–Trinajstić information content (AvgIpc) is 3.76. The van der Waals surface area contributed by atoms with Gasteiger partial charge in [0.15, 0.2) is 4.96 Å². The van der Waals surface area contributed by atoms with Gasteiger partial charge in [0.2, 0.25) is 5.88 Å². The van der Waals surface area contributed by atoms with Gasteiger partial charge >= 0.3 is 5.97 Å². The zero-order valence-corrected chi connectivity index (χ0v) is 26.5. The molecule has 1 atom stereocenters. The van der Waals surface area contributed by atoms with Gasteiger partial charge in [0, 0.05) is 62.1 Å². The number of aliphatic hydroxyl groups is 1. The summed E-state index contributed by atoms with van der Waals surface area (Å²) >= 11 is 7.09. The first-order chi connectivity index (χ1) is 21.8. The highest BCUT2D eigenvalue weighted by atomic mass is 35.5. The molecule has 0 amide bonds. The van der Waals surface area contributed by atoms with E-state index in [9.17, 15) is 14.3 Å². The second-order valence-corrected chi connectivity index (χ2v) is 12.0.